The Balaban J connectivity index is 0.00000289. The molecule has 0 amide bonds. The number of hydrogen-bond acceptors (Lipinski definition) is 5. The molecule has 3 heterocycles. The summed E-state index contributed by atoms with van der Waals surface area (Å²) in [5.41, 5.74) is 1.41. The number of aliphatic carboxylic acids is 1. The summed E-state index contributed by atoms with van der Waals surface area (Å²) in [7, 11) is -3.72. The number of sulfonamides is 1. The molecule has 1 aliphatic rings. The van der Waals surface area contributed by atoms with Gasteiger partial charge in [0.1, 0.15) is 5.52 Å². The minimum absolute atomic E-state index is 0. The van der Waals surface area contributed by atoms with E-state index in [1.165, 1.54) is 10.4 Å². The molecule has 0 radical (unpaired) electrons. The minimum Gasteiger partial charge on any atom is -0.481 e. The van der Waals surface area contributed by atoms with Gasteiger partial charge in [-0.05, 0) is 49.6 Å². The minimum atomic E-state index is -3.72. The first-order valence-corrected chi connectivity index (χ1v) is 11.9. The SMILES string of the molecule is CCN(C1CCNC1)S(=O)(=O)c1ccc2[nH]c(=O)c3[nH]cc(CCCC(=O)O)c3c2c1.Cl. The summed E-state index contributed by atoms with van der Waals surface area (Å²) >= 11 is 0. The third kappa shape index (κ3) is 4.40. The molecule has 3 aromatic rings. The Morgan fingerprint density at radius 2 is 2.09 bits per heavy atom. The van der Waals surface area contributed by atoms with Crippen LogP contribution in [0, 0.1) is 0 Å². The number of hydrogen-bond donors (Lipinski definition) is 4. The molecular weight excluding hydrogens is 456 g/mol. The number of carboxylic acid groups (broad SMARTS) is 1. The maximum absolute atomic E-state index is 13.4. The first-order chi connectivity index (χ1) is 14.8. The highest BCUT2D eigenvalue weighted by molar-refractivity contribution is 7.89. The molecule has 9 nitrogen and oxygen atoms in total. The number of nitrogens with zero attached hydrogens (tertiary/aromatic N) is 1. The number of halogens is 1. The summed E-state index contributed by atoms with van der Waals surface area (Å²) < 4.78 is 28.4. The lowest BCUT2D eigenvalue weighted by molar-refractivity contribution is -0.137. The molecule has 1 fully saturated rings. The standard InChI is InChI=1S/C21H26N4O5S.ClH/c1-2-25(14-8-9-22-12-14)31(29,30)15-6-7-17-16(10-15)19-13(4-3-5-18(26)27)11-23-20(19)21(28)24-17;/h6-7,10-11,14,22-23H,2-5,8-9,12H2,1H3,(H,24,28)(H,26,27);1H. The van der Waals surface area contributed by atoms with E-state index in [4.69, 9.17) is 5.11 Å². The Hall–Kier alpha value is -2.40. The number of rotatable bonds is 8. The van der Waals surface area contributed by atoms with Crippen LogP contribution in [0.2, 0.25) is 0 Å². The number of nitrogens with one attached hydrogen (secondary N) is 3. The van der Waals surface area contributed by atoms with Crippen molar-refractivity contribution in [3.8, 4) is 0 Å². The van der Waals surface area contributed by atoms with Crippen molar-refractivity contribution in [3.63, 3.8) is 0 Å². The zero-order valence-corrected chi connectivity index (χ0v) is 19.3. The Bertz CT molecular complexity index is 1290. The lowest BCUT2D eigenvalue weighted by Crippen LogP contribution is -2.41. The fourth-order valence-corrected chi connectivity index (χ4v) is 6.10. The van der Waals surface area contributed by atoms with Crippen LogP contribution in [-0.4, -0.2) is 59.4 Å². The summed E-state index contributed by atoms with van der Waals surface area (Å²) in [4.78, 5) is 29.3. The van der Waals surface area contributed by atoms with E-state index in [0.29, 0.717) is 47.7 Å². The molecule has 1 aliphatic heterocycles. The number of aromatic nitrogens is 2. The van der Waals surface area contributed by atoms with E-state index in [1.807, 2.05) is 6.92 Å². The highest BCUT2D eigenvalue weighted by Crippen LogP contribution is 2.29. The van der Waals surface area contributed by atoms with Crippen LogP contribution in [-0.2, 0) is 21.2 Å². The molecule has 174 valence electrons. The average Bonchev–Trinajstić information content (AvgIpc) is 3.39. The first kappa shape index (κ1) is 24.2. The molecule has 0 saturated carbocycles. The van der Waals surface area contributed by atoms with E-state index in [0.717, 1.165) is 18.5 Å². The van der Waals surface area contributed by atoms with Crippen LogP contribution in [0.15, 0.2) is 34.1 Å². The zero-order valence-electron chi connectivity index (χ0n) is 17.7. The third-order valence-corrected chi connectivity index (χ3v) is 7.92. The number of H-pyrrole nitrogens is 2. The smallest absolute Gasteiger partial charge is 0.303 e. The quantitative estimate of drug-likeness (QED) is 0.388. The topological polar surface area (TPSA) is 135 Å². The van der Waals surface area contributed by atoms with E-state index in [1.54, 1.807) is 18.3 Å². The van der Waals surface area contributed by atoms with Crippen LogP contribution < -0.4 is 10.9 Å². The Kier molecular flexibility index (Phi) is 7.29. The van der Waals surface area contributed by atoms with E-state index in [-0.39, 0.29) is 35.3 Å². The second-order valence-electron chi connectivity index (χ2n) is 7.83. The van der Waals surface area contributed by atoms with E-state index in [2.05, 4.69) is 15.3 Å². The number of aryl methyl sites for hydroxylation is 1. The van der Waals surface area contributed by atoms with E-state index in [9.17, 15) is 18.0 Å². The van der Waals surface area contributed by atoms with Gasteiger partial charge >= 0.3 is 5.97 Å². The predicted molar refractivity (Wildman–Crippen MR) is 125 cm³/mol. The van der Waals surface area contributed by atoms with Gasteiger partial charge in [-0.1, -0.05) is 6.92 Å². The number of likely N-dealkylation sites (N-methyl/N-ethyl adjacent to an activating group) is 1. The Morgan fingerprint density at radius 1 is 1.31 bits per heavy atom. The number of carbonyl (C=O) groups is 1. The summed E-state index contributed by atoms with van der Waals surface area (Å²) in [6, 6.07) is 4.68. The van der Waals surface area contributed by atoms with Crippen molar-refractivity contribution in [2.45, 2.75) is 43.5 Å². The fraction of sp³-hybridized carbons (Fsp3) is 0.429. The summed E-state index contributed by atoms with van der Waals surface area (Å²) in [5, 5.41) is 13.4. The van der Waals surface area contributed by atoms with Gasteiger partial charge in [0.25, 0.3) is 5.56 Å². The Morgan fingerprint density at radius 3 is 2.75 bits per heavy atom. The van der Waals surface area contributed by atoms with Crippen molar-refractivity contribution in [2.75, 3.05) is 19.6 Å². The van der Waals surface area contributed by atoms with Gasteiger partial charge in [0.05, 0.1) is 4.90 Å². The zero-order chi connectivity index (χ0) is 22.2. The molecule has 1 saturated heterocycles. The highest BCUT2D eigenvalue weighted by atomic mass is 35.5. The molecule has 1 unspecified atom stereocenters. The van der Waals surface area contributed by atoms with Crippen molar-refractivity contribution < 1.29 is 18.3 Å². The van der Waals surface area contributed by atoms with Crippen molar-refractivity contribution >= 4 is 50.2 Å². The van der Waals surface area contributed by atoms with Gasteiger partial charge in [-0.15, -0.1) is 12.4 Å². The summed E-state index contributed by atoms with van der Waals surface area (Å²) in [6.07, 6.45) is 3.38. The van der Waals surface area contributed by atoms with E-state index >= 15 is 0 Å². The van der Waals surface area contributed by atoms with Crippen molar-refractivity contribution in [3.05, 3.63) is 40.3 Å². The van der Waals surface area contributed by atoms with Crippen LogP contribution in [0.4, 0.5) is 0 Å². The molecule has 2 aromatic heterocycles. The molecule has 0 spiro atoms. The second-order valence-corrected chi connectivity index (χ2v) is 9.72. The fourth-order valence-electron chi connectivity index (χ4n) is 4.41. The predicted octanol–water partition coefficient (Wildman–Crippen LogP) is 2.21. The third-order valence-electron chi connectivity index (χ3n) is 5.89. The van der Waals surface area contributed by atoms with Gasteiger partial charge in [0.15, 0.2) is 0 Å². The van der Waals surface area contributed by atoms with Crippen LogP contribution in [0.1, 0.15) is 31.7 Å². The molecule has 1 aromatic carbocycles. The molecule has 1 atom stereocenters. The van der Waals surface area contributed by atoms with E-state index < -0.39 is 16.0 Å². The molecule has 11 heteroatoms. The van der Waals surface area contributed by atoms with Gasteiger partial charge < -0.3 is 20.4 Å². The van der Waals surface area contributed by atoms with Crippen LogP contribution in [0.3, 0.4) is 0 Å². The lowest BCUT2D eigenvalue weighted by Gasteiger charge is -2.26. The number of carboxylic acids is 1. The normalized spacial score (nSPS) is 16.6. The highest BCUT2D eigenvalue weighted by Gasteiger charge is 2.32. The molecule has 0 bridgehead atoms. The maximum atomic E-state index is 13.4. The molecule has 4 rings (SSSR count). The maximum Gasteiger partial charge on any atom is 0.303 e. The lowest BCUT2D eigenvalue weighted by atomic mass is 10.0. The monoisotopic (exact) mass is 482 g/mol. The van der Waals surface area contributed by atoms with Gasteiger partial charge in [-0.3, -0.25) is 9.59 Å². The first-order valence-electron chi connectivity index (χ1n) is 10.4. The van der Waals surface area contributed by atoms with Gasteiger partial charge in [0.2, 0.25) is 10.0 Å². The molecule has 0 aliphatic carbocycles. The van der Waals surface area contributed by atoms with Gasteiger partial charge in [0, 0.05) is 48.0 Å². The molecule has 32 heavy (non-hydrogen) atoms. The number of pyridine rings is 1. The molecular formula is C21H27ClN4O5S. The number of fused-ring (bicyclic) bond motifs is 3. The molecule has 4 N–H and O–H groups in total. The van der Waals surface area contributed by atoms with Crippen molar-refractivity contribution in [1.29, 1.82) is 0 Å². The summed E-state index contributed by atoms with van der Waals surface area (Å²) in [5.74, 6) is -0.878. The largest absolute Gasteiger partial charge is 0.481 e. The van der Waals surface area contributed by atoms with Crippen LogP contribution in [0.5, 0.6) is 0 Å². The summed E-state index contributed by atoms with van der Waals surface area (Å²) in [6.45, 7) is 3.63. The second kappa shape index (κ2) is 9.62. The van der Waals surface area contributed by atoms with Crippen molar-refractivity contribution in [2.24, 2.45) is 0 Å². The number of aromatic amines is 2. The van der Waals surface area contributed by atoms with Crippen LogP contribution >= 0.6 is 12.4 Å². The van der Waals surface area contributed by atoms with Crippen molar-refractivity contribution in [1.82, 2.24) is 19.6 Å². The Labute approximate surface area is 191 Å². The average molecular weight is 483 g/mol. The number of benzene rings is 1. The van der Waals surface area contributed by atoms with Gasteiger partial charge in [-0.2, -0.15) is 4.31 Å². The van der Waals surface area contributed by atoms with Crippen LogP contribution in [0.25, 0.3) is 21.8 Å². The van der Waals surface area contributed by atoms with Gasteiger partial charge in [-0.25, -0.2) is 8.42 Å².